The molecule has 2 saturated heterocycles. The number of piperazine rings is 1. The summed E-state index contributed by atoms with van der Waals surface area (Å²) in [4.78, 5) is 19.4. The fourth-order valence-corrected chi connectivity index (χ4v) is 6.41. The first kappa shape index (κ1) is 24.6. The van der Waals surface area contributed by atoms with Crippen molar-refractivity contribution in [1.82, 2.24) is 14.7 Å². The minimum Gasteiger partial charge on any atom is -0.494 e. The third kappa shape index (κ3) is 6.34. The Bertz CT molecular complexity index is 1090. The van der Waals surface area contributed by atoms with Crippen molar-refractivity contribution in [2.75, 3.05) is 51.3 Å². The molecule has 1 amide bonds. The van der Waals surface area contributed by atoms with E-state index in [9.17, 15) is 17.6 Å². The molecular weight excluding hydrogens is 457 g/mol. The molecule has 2 aliphatic rings. The predicted octanol–water partition coefficient (Wildman–Crippen LogP) is 2.17. The number of methoxy groups -OCH3 is 1. The van der Waals surface area contributed by atoms with Crippen LogP contribution in [-0.4, -0.2) is 86.4 Å². The van der Waals surface area contributed by atoms with E-state index in [0.29, 0.717) is 19.5 Å². The van der Waals surface area contributed by atoms with Gasteiger partial charge in [0.1, 0.15) is 0 Å². The lowest BCUT2D eigenvalue weighted by molar-refractivity contribution is -0.135. The third-order valence-electron chi connectivity index (χ3n) is 6.61. The third-order valence-corrected chi connectivity index (χ3v) is 8.36. The van der Waals surface area contributed by atoms with Crippen molar-refractivity contribution in [3.05, 3.63) is 65.5 Å². The number of nitrogens with zero attached hydrogens (tertiary/aromatic N) is 3. The van der Waals surface area contributed by atoms with Crippen LogP contribution in [0.1, 0.15) is 17.5 Å². The highest BCUT2D eigenvalue weighted by Crippen LogP contribution is 2.22. The number of sulfone groups is 1. The number of halogens is 1. The molecule has 34 heavy (non-hydrogen) atoms. The summed E-state index contributed by atoms with van der Waals surface area (Å²) in [5.41, 5.74) is 1.89. The summed E-state index contributed by atoms with van der Waals surface area (Å²) < 4.78 is 43.1. The van der Waals surface area contributed by atoms with Gasteiger partial charge in [0.15, 0.2) is 21.4 Å². The smallest absolute Gasteiger partial charge is 0.237 e. The average molecular weight is 490 g/mol. The van der Waals surface area contributed by atoms with Crippen LogP contribution in [0, 0.1) is 5.82 Å². The average Bonchev–Trinajstić information content (AvgIpc) is 3.19. The number of rotatable bonds is 8. The second-order valence-electron chi connectivity index (χ2n) is 9.09. The Kier molecular flexibility index (Phi) is 7.85. The van der Waals surface area contributed by atoms with Gasteiger partial charge < -0.3 is 9.64 Å². The quantitative estimate of drug-likeness (QED) is 0.566. The van der Waals surface area contributed by atoms with Crippen LogP contribution in [0.5, 0.6) is 5.75 Å². The van der Waals surface area contributed by atoms with Gasteiger partial charge in [-0.1, -0.05) is 36.4 Å². The monoisotopic (exact) mass is 489 g/mol. The summed E-state index contributed by atoms with van der Waals surface area (Å²) in [5.74, 6) is 0.0223. The Morgan fingerprint density at radius 2 is 1.76 bits per heavy atom. The molecule has 0 saturated carbocycles. The zero-order valence-electron chi connectivity index (χ0n) is 19.5. The number of carbonyl (C=O) groups is 1. The SMILES string of the molecule is COc1ccc(CN2CCN(CC(=O)N(Cc3ccccc3)[C@H]3CCS(=O)(=O)C3)CC2)cc1F. The van der Waals surface area contributed by atoms with E-state index in [2.05, 4.69) is 9.80 Å². The maximum Gasteiger partial charge on any atom is 0.237 e. The molecule has 0 aliphatic carbocycles. The summed E-state index contributed by atoms with van der Waals surface area (Å²) in [5, 5.41) is 0. The summed E-state index contributed by atoms with van der Waals surface area (Å²) in [6.45, 7) is 4.34. The van der Waals surface area contributed by atoms with Crippen LogP contribution < -0.4 is 4.74 Å². The van der Waals surface area contributed by atoms with E-state index >= 15 is 0 Å². The summed E-state index contributed by atoms with van der Waals surface area (Å²) in [6.07, 6.45) is 0.493. The molecule has 7 nitrogen and oxygen atoms in total. The summed E-state index contributed by atoms with van der Waals surface area (Å²) in [6, 6.07) is 14.5. The van der Waals surface area contributed by atoms with Crippen LogP contribution >= 0.6 is 0 Å². The van der Waals surface area contributed by atoms with Gasteiger partial charge in [-0.3, -0.25) is 14.6 Å². The molecule has 0 radical (unpaired) electrons. The molecule has 9 heteroatoms. The Morgan fingerprint density at radius 3 is 2.38 bits per heavy atom. The van der Waals surface area contributed by atoms with Gasteiger partial charge in [-0.25, -0.2) is 12.8 Å². The molecule has 2 aromatic rings. The number of amides is 1. The predicted molar refractivity (Wildman–Crippen MR) is 129 cm³/mol. The maximum absolute atomic E-state index is 14.0. The molecule has 2 heterocycles. The van der Waals surface area contributed by atoms with Gasteiger partial charge in [0, 0.05) is 45.3 Å². The maximum atomic E-state index is 14.0. The number of benzene rings is 2. The number of hydrogen-bond acceptors (Lipinski definition) is 6. The molecule has 2 aromatic carbocycles. The van der Waals surface area contributed by atoms with Gasteiger partial charge in [-0.15, -0.1) is 0 Å². The van der Waals surface area contributed by atoms with Crippen LogP contribution in [0.2, 0.25) is 0 Å². The number of ether oxygens (including phenoxy) is 1. The number of hydrogen-bond donors (Lipinski definition) is 0. The van der Waals surface area contributed by atoms with E-state index in [1.165, 1.54) is 13.2 Å². The highest BCUT2D eigenvalue weighted by molar-refractivity contribution is 7.91. The minimum atomic E-state index is -3.09. The highest BCUT2D eigenvalue weighted by atomic mass is 32.2. The van der Waals surface area contributed by atoms with Crippen LogP contribution in [0.3, 0.4) is 0 Å². The van der Waals surface area contributed by atoms with Crippen LogP contribution in [0.25, 0.3) is 0 Å². The normalized spacial score (nSPS) is 20.8. The van der Waals surface area contributed by atoms with Crippen molar-refractivity contribution in [1.29, 1.82) is 0 Å². The Balaban J connectivity index is 1.33. The lowest BCUT2D eigenvalue weighted by atomic mass is 10.1. The summed E-state index contributed by atoms with van der Waals surface area (Å²) >= 11 is 0. The van der Waals surface area contributed by atoms with E-state index in [-0.39, 0.29) is 41.6 Å². The van der Waals surface area contributed by atoms with Crippen molar-refractivity contribution in [2.45, 2.75) is 25.6 Å². The van der Waals surface area contributed by atoms with Crippen LogP contribution in [0.15, 0.2) is 48.5 Å². The zero-order valence-corrected chi connectivity index (χ0v) is 20.3. The summed E-state index contributed by atoms with van der Waals surface area (Å²) in [7, 11) is -1.64. The molecule has 2 fully saturated rings. The Labute approximate surface area is 201 Å². The fourth-order valence-electron chi connectivity index (χ4n) is 4.68. The van der Waals surface area contributed by atoms with Crippen molar-refractivity contribution < 1.29 is 22.3 Å². The molecule has 0 bridgehead atoms. The van der Waals surface area contributed by atoms with Gasteiger partial charge >= 0.3 is 0 Å². The lowest BCUT2D eigenvalue weighted by Crippen LogP contribution is -2.51. The van der Waals surface area contributed by atoms with Gasteiger partial charge in [-0.2, -0.15) is 0 Å². The molecule has 0 aromatic heterocycles. The van der Waals surface area contributed by atoms with Gasteiger partial charge in [0.2, 0.25) is 5.91 Å². The molecular formula is C25H32FN3O4S. The molecule has 0 unspecified atom stereocenters. The molecule has 184 valence electrons. The topological polar surface area (TPSA) is 70.2 Å². The van der Waals surface area contributed by atoms with E-state index in [0.717, 1.165) is 37.3 Å². The second kappa shape index (κ2) is 10.8. The van der Waals surface area contributed by atoms with Crippen molar-refractivity contribution in [2.24, 2.45) is 0 Å². The van der Waals surface area contributed by atoms with Crippen molar-refractivity contribution in [3.8, 4) is 5.75 Å². The first-order chi connectivity index (χ1) is 16.3. The molecule has 0 spiro atoms. The second-order valence-corrected chi connectivity index (χ2v) is 11.3. The largest absolute Gasteiger partial charge is 0.494 e. The molecule has 1 atom stereocenters. The molecule has 2 aliphatic heterocycles. The van der Waals surface area contributed by atoms with Crippen molar-refractivity contribution >= 4 is 15.7 Å². The van der Waals surface area contributed by atoms with E-state index in [1.54, 1.807) is 11.0 Å². The Hall–Kier alpha value is -2.49. The van der Waals surface area contributed by atoms with E-state index < -0.39 is 9.84 Å². The number of carbonyl (C=O) groups excluding carboxylic acids is 1. The fraction of sp³-hybridized carbons (Fsp3) is 0.480. The lowest BCUT2D eigenvalue weighted by Gasteiger charge is -2.36. The molecule has 4 rings (SSSR count). The van der Waals surface area contributed by atoms with E-state index in [4.69, 9.17) is 4.74 Å². The van der Waals surface area contributed by atoms with E-state index in [1.807, 2.05) is 36.4 Å². The van der Waals surface area contributed by atoms with Gasteiger partial charge in [0.05, 0.1) is 25.2 Å². The van der Waals surface area contributed by atoms with Crippen LogP contribution in [-0.2, 0) is 27.7 Å². The Morgan fingerprint density at radius 1 is 1.06 bits per heavy atom. The minimum absolute atomic E-state index is 0.0309. The standard InChI is InChI=1S/C25H32FN3O4S/c1-33-24-8-7-21(15-23(24)26)16-27-10-12-28(13-11-27)18-25(30)29(17-20-5-3-2-4-6-20)22-9-14-34(31,32)19-22/h2-8,15,22H,9-14,16-19H2,1H3/t22-/m0/s1. The first-order valence-corrected chi connectivity index (χ1v) is 13.5. The van der Waals surface area contributed by atoms with Gasteiger partial charge in [-0.05, 0) is 29.7 Å². The zero-order chi connectivity index (χ0) is 24.1. The molecule has 0 N–H and O–H groups in total. The van der Waals surface area contributed by atoms with Crippen molar-refractivity contribution in [3.63, 3.8) is 0 Å². The highest BCUT2D eigenvalue weighted by Gasteiger charge is 2.35. The first-order valence-electron chi connectivity index (χ1n) is 11.6. The van der Waals surface area contributed by atoms with Crippen LogP contribution in [0.4, 0.5) is 4.39 Å². The van der Waals surface area contributed by atoms with Gasteiger partial charge in [0.25, 0.3) is 0 Å².